The SMILES string of the molecule is Cc1ccc(C(=O)CCC(=O)N[C@H](C)c2sc(C)nc2C)s1. The van der Waals surface area contributed by atoms with Gasteiger partial charge in [-0.05, 0) is 39.8 Å². The van der Waals surface area contributed by atoms with Crippen molar-refractivity contribution >= 4 is 34.4 Å². The van der Waals surface area contributed by atoms with Crippen LogP contribution in [0.5, 0.6) is 0 Å². The van der Waals surface area contributed by atoms with E-state index in [4.69, 9.17) is 0 Å². The lowest BCUT2D eigenvalue weighted by atomic mass is 10.1. The summed E-state index contributed by atoms with van der Waals surface area (Å²) < 4.78 is 0. The number of thiophene rings is 1. The van der Waals surface area contributed by atoms with Gasteiger partial charge in [0.1, 0.15) is 0 Å². The molecule has 2 rings (SSSR count). The normalized spacial score (nSPS) is 12.2. The van der Waals surface area contributed by atoms with Crippen LogP contribution in [0.2, 0.25) is 0 Å². The van der Waals surface area contributed by atoms with Crippen molar-refractivity contribution in [1.82, 2.24) is 10.3 Å². The molecule has 0 aliphatic heterocycles. The summed E-state index contributed by atoms with van der Waals surface area (Å²) in [7, 11) is 0. The Morgan fingerprint density at radius 2 is 1.91 bits per heavy atom. The molecule has 0 fully saturated rings. The van der Waals surface area contributed by atoms with E-state index in [1.807, 2.05) is 39.8 Å². The number of nitrogens with zero attached hydrogens (tertiary/aromatic N) is 1. The predicted octanol–water partition coefficient (Wildman–Crippen LogP) is 3.97. The Hall–Kier alpha value is -1.53. The van der Waals surface area contributed by atoms with E-state index in [9.17, 15) is 9.59 Å². The summed E-state index contributed by atoms with van der Waals surface area (Å²) in [4.78, 5) is 31.3. The van der Waals surface area contributed by atoms with Crippen molar-refractivity contribution in [2.24, 2.45) is 0 Å². The minimum absolute atomic E-state index is 0.0331. The molecule has 0 saturated heterocycles. The van der Waals surface area contributed by atoms with Crippen LogP contribution in [-0.2, 0) is 4.79 Å². The Morgan fingerprint density at radius 3 is 2.45 bits per heavy atom. The maximum Gasteiger partial charge on any atom is 0.220 e. The maximum atomic E-state index is 12.0. The number of carbonyl (C=O) groups is 2. The number of aryl methyl sites for hydroxylation is 3. The number of rotatable bonds is 6. The molecule has 1 atom stereocenters. The van der Waals surface area contributed by atoms with E-state index in [-0.39, 0.29) is 30.6 Å². The third-order valence-electron chi connectivity index (χ3n) is 3.30. The van der Waals surface area contributed by atoms with Crippen molar-refractivity contribution in [2.75, 3.05) is 0 Å². The van der Waals surface area contributed by atoms with Crippen LogP contribution in [0.4, 0.5) is 0 Å². The zero-order valence-electron chi connectivity index (χ0n) is 13.2. The Balaban J connectivity index is 1.85. The van der Waals surface area contributed by atoms with Gasteiger partial charge < -0.3 is 5.32 Å². The third kappa shape index (κ3) is 4.24. The van der Waals surface area contributed by atoms with Crippen molar-refractivity contribution in [3.05, 3.63) is 37.5 Å². The molecule has 6 heteroatoms. The van der Waals surface area contributed by atoms with Gasteiger partial charge >= 0.3 is 0 Å². The number of aromatic nitrogens is 1. The Kier molecular flexibility index (Phi) is 5.47. The molecule has 2 aromatic heterocycles. The van der Waals surface area contributed by atoms with Crippen LogP contribution in [0, 0.1) is 20.8 Å². The first kappa shape index (κ1) is 16.8. The van der Waals surface area contributed by atoms with Crippen molar-refractivity contribution in [1.29, 1.82) is 0 Å². The number of thiazole rings is 1. The number of Topliss-reactive ketones (excluding diaryl/α,β-unsaturated/α-hetero) is 1. The Morgan fingerprint density at radius 1 is 1.18 bits per heavy atom. The van der Waals surface area contributed by atoms with Crippen LogP contribution in [0.25, 0.3) is 0 Å². The highest BCUT2D eigenvalue weighted by atomic mass is 32.1. The largest absolute Gasteiger partial charge is 0.349 e. The number of nitrogens with one attached hydrogen (secondary N) is 1. The van der Waals surface area contributed by atoms with Crippen LogP contribution in [0.15, 0.2) is 12.1 Å². The summed E-state index contributed by atoms with van der Waals surface area (Å²) in [6.45, 7) is 7.82. The molecule has 1 amide bonds. The first-order valence-corrected chi connectivity index (χ1v) is 8.83. The molecule has 118 valence electrons. The third-order valence-corrected chi connectivity index (χ3v) is 5.60. The fourth-order valence-corrected chi connectivity index (χ4v) is 4.03. The van der Waals surface area contributed by atoms with Gasteiger partial charge in [0.05, 0.1) is 21.6 Å². The molecular weight excluding hydrogens is 316 g/mol. The van der Waals surface area contributed by atoms with Crippen LogP contribution in [-0.4, -0.2) is 16.7 Å². The van der Waals surface area contributed by atoms with Gasteiger partial charge in [-0.1, -0.05) is 0 Å². The summed E-state index contributed by atoms with van der Waals surface area (Å²) in [5.41, 5.74) is 0.959. The molecule has 22 heavy (non-hydrogen) atoms. The second-order valence-corrected chi connectivity index (χ2v) is 7.83. The van der Waals surface area contributed by atoms with Crippen molar-refractivity contribution in [3.63, 3.8) is 0 Å². The molecule has 0 saturated carbocycles. The first-order valence-electron chi connectivity index (χ1n) is 7.19. The molecule has 0 aliphatic carbocycles. The highest BCUT2D eigenvalue weighted by Crippen LogP contribution is 2.24. The standard InChI is InChI=1S/C16H20N2O2S2/c1-9-5-7-14(21-9)13(19)6-8-15(20)18-11(3)16-10(2)17-12(4)22-16/h5,7,11H,6,8H2,1-4H3,(H,18,20)/t11-/m1/s1. The molecule has 0 aliphatic rings. The summed E-state index contributed by atoms with van der Waals surface area (Å²) >= 11 is 3.07. The lowest BCUT2D eigenvalue weighted by molar-refractivity contribution is -0.121. The Labute approximate surface area is 138 Å². The molecule has 2 heterocycles. The average molecular weight is 336 g/mol. The summed E-state index contributed by atoms with van der Waals surface area (Å²) in [5, 5.41) is 3.94. The van der Waals surface area contributed by atoms with E-state index in [0.717, 1.165) is 25.3 Å². The van der Waals surface area contributed by atoms with Gasteiger partial charge in [0.2, 0.25) is 5.91 Å². The van der Waals surface area contributed by atoms with Crippen molar-refractivity contribution in [3.8, 4) is 0 Å². The highest BCUT2D eigenvalue weighted by Gasteiger charge is 2.16. The number of ketones is 1. The molecule has 0 spiro atoms. The van der Waals surface area contributed by atoms with Gasteiger partial charge in [-0.2, -0.15) is 0 Å². The predicted molar refractivity (Wildman–Crippen MR) is 90.8 cm³/mol. The van der Waals surface area contributed by atoms with Crippen LogP contribution < -0.4 is 5.32 Å². The molecule has 4 nitrogen and oxygen atoms in total. The minimum Gasteiger partial charge on any atom is -0.349 e. The fourth-order valence-electron chi connectivity index (χ4n) is 2.26. The molecule has 0 radical (unpaired) electrons. The molecule has 2 aromatic rings. The van der Waals surface area contributed by atoms with Gasteiger partial charge in [0.25, 0.3) is 0 Å². The van der Waals surface area contributed by atoms with E-state index in [2.05, 4.69) is 10.3 Å². The quantitative estimate of drug-likeness (QED) is 0.812. The zero-order valence-corrected chi connectivity index (χ0v) is 14.9. The fraction of sp³-hybridized carbons (Fsp3) is 0.438. The number of hydrogen-bond acceptors (Lipinski definition) is 5. The van der Waals surface area contributed by atoms with Crippen molar-refractivity contribution in [2.45, 2.75) is 46.6 Å². The second-order valence-electron chi connectivity index (χ2n) is 5.31. The van der Waals surface area contributed by atoms with E-state index >= 15 is 0 Å². The van der Waals surface area contributed by atoms with E-state index in [1.54, 1.807) is 11.3 Å². The van der Waals surface area contributed by atoms with E-state index in [0.29, 0.717) is 0 Å². The summed E-state index contributed by atoms with van der Waals surface area (Å²) in [6.07, 6.45) is 0.468. The van der Waals surface area contributed by atoms with Gasteiger partial charge in [-0.25, -0.2) is 4.98 Å². The highest BCUT2D eigenvalue weighted by molar-refractivity contribution is 7.14. The van der Waals surface area contributed by atoms with Crippen molar-refractivity contribution < 1.29 is 9.59 Å². The first-order chi connectivity index (χ1) is 10.4. The lowest BCUT2D eigenvalue weighted by Crippen LogP contribution is -2.26. The minimum atomic E-state index is -0.0976. The van der Waals surface area contributed by atoms with Gasteiger partial charge in [-0.3, -0.25) is 9.59 Å². The Bertz CT molecular complexity index is 688. The molecule has 0 unspecified atom stereocenters. The number of carbonyl (C=O) groups excluding carboxylic acids is 2. The van der Waals surface area contributed by atoms with Crippen LogP contribution >= 0.6 is 22.7 Å². The van der Waals surface area contributed by atoms with Gasteiger partial charge in [-0.15, -0.1) is 22.7 Å². The molecule has 1 N–H and O–H groups in total. The smallest absolute Gasteiger partial charge is 0.220 e. The molecular formula is C16H20N2O2S2. The monoisotopic (exact) mass is 336 g/mol. The second kappa shape index (κ2) is 7.15. The topological polar surface area (TPSA) is 59.1 Å². The average Bonchev–Trinajstić information content (AvgIpc) is 3.01. The van der Waals surface area contributed by atoms with E-state index in [1.165, 1.54) is 11.3 Å². The van der Waals surface area contributed by atoms with E-state index < -0.39 is 0 Å². The zero-order chi connectivity index (χ0) is 16.3. The number of amides is 1. The maximum absolute atomic E-state index is 12.0. The van der Waals surface area contributed by atoms with Gasteiger partial charge in [0.15, 0.2) is 5.78 Å². The molecule has 0 aromatic carbocycles. The number of hydrogen-bond donors (Lipinski definition) is 1. The summed E-state index contributed by atoms with van der Waals surface area (Å²) in [5.74, 6) is -0.0645. The van der Waals surface area contributed by atoms with Gasteiger partial charge in [0, 0.05) is 22.6 Å². The van der Waals surface area contributed by atoms with Crippen LogP contribution in [0.1, 0.15) is 55.9 Å². The van der Waals surface area contributed by atoms with Crippen LogP contribution in [0.3, 0.4) is 0 Å². The molecule has 0 bridgehead atoms. The lowest BCUT2D eigenvalue weighted by Gasteiger charge is -2.12. The summed E-state index contributed by atoms with van der Waals surface area (Å²) in [6, 6.07) is 3.68.